The van der Waals surface area contributed by atoms with E-state index in [0.29, 0.717) is 5.69 Å². The summed E-state index contributed by atoms with van der Waals surface area (Å²) in [6.07, 6.45) is 3.50. The van der Waals surface area contributed by atoms with Crippen LogP contribution < -0.4 is 5.56 Å². The van der Waals surface area contributed by atoms with E-state index >= 15 is 0 Å². The second kappa shape index (κ2) is 5.29. The molecule has 0 spiro atoms. The van der Waals surface area contributed by atoms with Crippen molar-refractivity contribution in [2.75, 3.05) is 0 Å². The van der Waals surface area contributed by atoms with Crippen molar-refractivity contribution in [3.8, 4) is 11.6 Å². The standard InChI is InChI=1S/C15H15N3O2S/c1-9-2-6-11(7-3-9)18-14(20)12(8-16-10-4-5-10)13(19)17-15(18)21/h2-3,6-8,10,20H,4-5H2,1H3,(H,17,19,21). The Morgan fingerprint density at radius 2 is 2.05 bits per heavy atom. The number of hydrogen-bond donors (Lipinski definition) is 2. The Bertz CT molecular complexity index is 814. The van der Waals surface area contributed by atoms with Gasteiger partial charge in [-0.1, -0.05) is 17.7 Å². The summed E-state index contributed by atoms with van der Waals surface area (Å²) < 4.78 is 1.59. The Morgan fingerprint density at radius 1 is 1.38 bits per heavy atom. The molecule has 1 aromatic carbocycles. The quantitative estimate of drug-likeness (QED) is 0.676. The van der Waals surface area contributed by atoms with Gasteiger partial charge in [0.05, 0.1) is 11.7 Å². The lowest BCUT2D eigenvalue weighted by Gasteiger charge is -2.11. The van der Waals surface area contributed by atoms with Gasteiger partial charge >= 0.3 is 0 Å². The highest BCUT2D eigenvalue weighted by atomic mass is 32.1. The summed E-state index contributed by atoms with van der Waals surface area (Å²) in [5, 5.41) is 10.4. The first-order valence-electron chi connectivity index (χ1n) is 6.75. The first-order valence-corrected chi connectivity index (χ1v) is 7.15. The molecule has 0 amide bonds. The van der Waals surface area contributed by atoms with E-state index in [-0.39, 0.29) is 22.3 Å². The van der Waals surface area contributed by atoms with Crippen molar-refractivity contribution >= 4 is 18.4 Å². The van der Waals surface area contributed by atoms with Crippen molar-refractivity contribution in [3.05, 3.63) is 50.5 Å². The third kappa shape index (κ3) is 2.80. The van der Waals surface area contributed by atoms with E-state index in [1.807, 2.05) is 31.2 Å². The molecule has 1 aliphatic rings. The molecule has 21 heavy (non-hydrogen) atoms. The van der Waals surface area contributed by atoms with Crippen LogP contribution in [0.1, 0.15) is 24.0 Å². The summed E-state index contributed by atoms with van der Waals surface area (Å²) in [6.45, 7) is 1.98. The van der Waals surface area contributed by atoms with E-state index < -0.39 is 5.56 Å². The molecule has 3 rings (SSSR count). The maximum absolute atomic E-state index is 11.9. The number of hydrogen-bond acceptors (Lipinski definition) is 4. The largest absolute Gasteiger partial charge is 0.494 e. The molecule has 2 N–H and O–H groups in total. The topological polar surface area (TPSA) is 70.4 Å². The lowest BCUT2D eigenvalue weighted by molar-refractivity contribution is 0.432. The van der Waals surface area contributed by atoms with Crippen LogP contribution in [-0.2, 0) is 0 Å². The molecule has 0 unspecified atom stereocenters. The van der Waals surface area contributed by atoms with Gasteiger partial charge in [0.25, 0.3) is 5.56 Å². The molecule has 5 nitrogen and oxygen atoms in total. The third-order valence-electron chi connectivity index (χ3n) is 3.37. The fraction of sp³-hybridized carbons (Fsp3) is 0.267. The van der Waals surface area contributed by atoms with Gasteiger partial charge < -0.3 is 5.11 Å². The summed E-state index contributed by atoms with van der Waals surface area (Å²) in [7, 11) is 0. The van der Waals surface area contributed by atoms with Crippen molar-refractivity contribution in [2.45, 2.75) is 25.8 Å². The van der Waals surface area contributed by atoms with Crippen LogP contribution in [0.4, 0.5) is 0 Å². The number of rotatable bonds is 3. The van der Waals surface area contributed by atoms with E-state index in [0.717, 1.165) is 18.4 Å². The molecule has 0 bridgehead atoms. The van der Waals surface area contributed by atoms with Gasteiger partial charge in [0.1, 0.15) is 5.56 Å². The molecule has 1 aromatic heterocycles. The molecule has 0 radical (unpaired) electrons. The predicted molar refractivity (Wildman–Crippen MR) is 84.2 cm³/mol. The zero-order chi connectivity index (χ0) is 15.0. The minimum atomic E-state index is -0.426. The second-order valence-electron chi connectivity index (χ2n) is 5.18. The minimum absolute atomic E-state index is 0.135. The number of aromatic amines is 1. The van der Waals surface area contributed by atoms with Crippen molar-refractivity contribution in [2.24, 2.45) is 4.99 Å². The fourth-order valence-corrected chi connectivity index (χ4v) is 2.28. The summed E-state index contributed by atoms with van der Waals surface area (Å²) in [4.78, 5) is 18.8. The molecule has 0 aliphatic heterocycles. The number of aryl methyl sites for hydroxylation is 1. The van der Waals surface area contributed by atoms with Crippen molar-refractivity contribution in [1.29, 1.82) is 0 Å². The highest BCUT2D eigenvalue weighted by molar-refractivity contribution is 7.71. The molecule has 6 heteroatoms. The molecule has 1 fully saturated rings. The smallest absolute Gasteiger partial charge is 0.264 e. The monoisotopic (exact) mass is 301 g/mol. The summed E-state index contributed by atoms with van der Waals surface area (Å²) in [6, 6.07) is 7.79. The molecular weight excluding hydrogens is 286 g/mol. The van der Waals surface area contributed by atoms with Crippen molar-refractivity contribution < 1.29 is 5.11 Å². The van der Waals surface area contributed by atoms with E-state index in [1.54, 1.807) is 0 Å². The predicted octanol–water partition coefficient (Wildman–Crippen LogP) is 2.49. The number of nitrogens with zero attached hydrogens (tertiary/aromatic N) is 2. The van der Waals surface area contributed by atoms with Crippen LogP contribution in [0.2, 0.25) is 0 Å². The first kappa shape index (κ1) is 13.8. The number of aromatic hydroxyl groups is 1. The number of H-pyrrole nitrogens is 1. The highest BCUT2D eigenvalue weighted by Crippen LogP contribution is 2.24. The van der Waals surface area contributed by atoms with Crippen LogP contribution in [0.3, 0.4) is 0 Å². The van der Waals surface area contributed by atoms with E-state index in [1.165, 1.54) is 10.8 Å². The fourth-order valence-electron chi connectivity index (χ4n) is 1.99. The van der Waals surface area contributed by atoms with Crippen LogP contribution in [0.25, 0.3) is 5.69 Å². The molecular formula is C15H15N3O2S. The highest BCUT2D eigenvalue weighted by Gasteiger charge is 2.20. The molecule has 108 valence electrons. The number of benzene rings is 1. The summed E-state index contributed by atoms with van der Waals surface area (Å²) >= 11 is 5.15. The molecule has 1 saturated carbocycles. The number of nitrogens with one attached hydrogen (secondary N) is 1. The van der Waals surface area contributed by atoms with E-state index in [2.05, 4.69) is 9.98 Å². The number of aromatic nitrogens is 2. The zero-order valence-corrected chi connectivity index (χ0v) is 12.4. The Labute approximate surface area is 126 Å². The summed E-state index contributed by atoms with van der Waals surface area (Å²) in [5.41, 5.74) is 1.51. The lowest BCUT2D eigenvalue weighted by Crippen LogP contribution is -2.18. The molecule has 2 aromatic rings. The van der Waals surface area contributed by atoms with Crippen LogP contribution in [0.5, 0.6) is 5.88 Å². The van der Waals surface area contributed by atoms with Gasteiger partial charge in [-0.2, -0.15) is 0 Å². The van der Waals surface area contributed by atoms with Gasteiger partial charge in [-0.05, 0) is 44.1 Å². The second-order valence-corrected chi connectivity index (χ2v) is 5.56. The molecule has 0 atom stereocenters. The minimum Gasteiger partial charge on any atom is -0.494 e. The maximum Gasteiger partial charge on any atom is 0.264 e. The van der Waals surface area contributed by atoms with Gasteiger partial charge in [-0.3, -0.25) is 19.3 Å². The average Bonchev–Trinajstić information content (AvgIpc) is 3.24. The normalized spacial score (nSPS) is 14.7. The Hall–Kier alpha value is -2.21. The molecule has 0 saturated heterocycles. The average molecular weight is 301 g/mol. The zero-order valence-electron chi connectivity index (χ0n) is 11.5. The SMILES string of the molecule is Cc1ccc(-n2c(O)c(C=NC3CC3)c(=O)[nH]c2=S)cc1. The third-order valence-corrected chi connectivity index (χ3v) is 3.66. The summed E-state index contributed by atoms with van der Waals surface area (Å²) in [5.74, 6) is -0.183. The van der Waals surface area contributed by atoms with Crippen molar-refractivity contribution in [3.63, 3.8) is 0 Å². The maximum atomic E-state index is 11.9. The van der Waals surface area contributed by atoms with Gasteiger partial charge in [0.2, 0.25) is 5.88 Å². The van der Waals surface area contributed by atoms with Crippen LogP contribution in [0, 0.1) is 11.7 Å². The Balaban J connectivity index is 2.15. The van der Waals surface area contributed by atoms with Crippen LogP contribution in [-0.4, -0.2) is 26.9 Å². The van der Waals surface area contributed by atoms with Gasteiger partial charge in [0.15, 0.2) is 4.77 Å². The Kier molecular flexibility index (Phi) is 3.47. The number of aliphatic imine (C=N–C) groups is 1. The van der Waals surface area contributed by atoms with Gasteiger partial charge in [-0.15, -0.1) is 0 Å². The Morgan fingerprint density at radius 3 is 2.67 bits per heavy atom. The van der Waals surface area contributed by atoms with E-state index in [9.17, 15) is 9.90 Å². The molecule has 1 heterocycles. The van der Waals surface area contributed by atoms with Crippen molar-refractivity contribution in [1.82, 2.24) is 9.55 Å². The van der Waals surface area contributed by atoms with E-state index in [4.69, 9.17) is 12.2 Å². The van der Waals surface area contributed by atoms with Gasteiger partial charge in [-0.25, -0.2) is 0 Å². The lowest BCUT2D eigenvalue weighted by atomic mass is 10.2. The van der Waals surface area contributed by atoms with Crippen LogP contribution in [0.15, 0.2) is 34.1 Å². The van der Waals surface area contributed by atoms with Gasteiger partial charge in [0, 0.05) is 6.21 Å². The first-order chi connectivity index (χ1) is 10.1. The van der Waals surface area contributed by atoms with Crippen LogP contribution >= 0.6 is 12.2 Å². The molecule has 1 aliphatic carbocycles.